The largest absolute Gasteiger partial charge is 0.355 e. The molecule has 0 fully saturated rings. The van der Waals surface area contributed by atoms with Crippen LogP contribution in [-0.4, -0.2) is 4.57 Å². The zero-order valence-electron chi connectivity index (χ0n) is 33.5. The van der Waals surface area contributed by atoms with Gasteiger partial charge in [0.05, 0.1) is 16.7 Å². The van der Waals surface area contributed by atoms with Crippen molar-refractivity contribution in [2.24, 2.45) is 0 Å². The minimum Gasteiger partial charge on any atom is -0.355 e. The van der Waals surface area contributed by atoms with Gasteiger partial charge in [0.1, 0.15) is 0 Å². The molecule has 0 saturated heterocycles. The van der Waals surface area contributed by atoms with Crippen molar-refractivity contribution in [3.05, 3.63) is 237 Å². The highest BCUT2D eigenvalue weighted by Crippen LogP contribution is 2.44. The fourth-order valence-electron chi connectivity index (χ4n) is 8.86. The Morgan fingerprint density at radius 3 is 1.66 bits per heavy atom. The van der Waals surface area contributed by atoms with Gasteiger partial charge in [-0.15, -0.1) is 0 Å². The molecule has 3 heteroatoms. The third-order valence-corrected chi connectivity index (χ3v) is 11.8. The van der Waals surface area contributed by atoms with Crippen LogP contribution < -0.4 is 10.6 Å². The summed E-state index contributed by atoms with van der Waals surface area (Å²) in [4.78, 5) is 0. The van der Waals surface area contributed by atoms with E-state index in [4.69, 9.17) is 0 Å². The van der Waals surface area contributed by atoms with Crippen LogP contribution in [0.15, 0.2) is 237 Å². The summed E-state index contributed by atoms with van der Waals surface area (Å²) < 4.78 is 2.46. The van der Waals surface area contributed by atoms with Crippen molar-refractivity contribution in [2.75, 3.05) is 10.6 Å². The van der Waals surface area contributed by atoms with Gasteiger partial charge in [-0.3, -0.25) is 0 Å². The van der Waals surface area contributed by atoms with Crippen LogP contribution in [0.3, 0.4) is 0 Å². The van der Waals surface area contributed by atoms with Crippen LogP contribution in [0, 0.1) is 0 Å². The molecule has 2 N–H and O–H groups in total. The number of hydrogen-bond donors (Lipinski definition) is 2. The molecule has 288 valence electrons. The van der Waals surface area contributed by atoms with E-state index in [9.17, 15) is 0 Å². The Hall–Kier alpha value is -8.14. The topological polar surface area (TPSA) is 29.0 Å². The number of nitrogens with one attached hydrogen (secondary N) is 2. The number of nitrogens with zero attached hydrogens (tertiary/aromatic N) is 1. The third kappa shape index (κ3) is 6.78. The average molecular weight is 780 g/mol. The summed E-state index contributed by atoms with van der Waals surface area (Å²) in [5, 5.41) is 12.3. The molecular weight excluding hydrogens is 739 g/mol. The van der Waals surface area contributed by atoms with Crippen LogP contribution in [0.2, 0.25) is 0 Å². The summed E-state index contributed by atoms with van der Waals surface area (Å²) in [7, 11) is 0. The molecule has 0 amide bonds. The van der Waals surface area contributed by atoms with Gasteiger partial charge in [-0.1, -0.05) is 170 Å². The second-order valence-electron chi connectivity index (χ2n) is 15.5. The maximum atomic E-state index is 3.76. The number of hydrogen-bond acceptors (Lipinski definition) is 2. The Labute approximate surface area is 355 Å². The first-order valence-corrected chi connectivity index (χ1v) is 20.8. The van der Waals surface area contributed by atoms with Crippen molar-refractivity contribution in [2.45, 2.75) is 0 Å². The van der Waals surface area contributed by atoms with Gasteiger partial charge in [0.25, 0.3) is 0 Å². The summed E-state index contributed by atoms with van der Waals surface area (Å²) >= 11 is 0. The van der Waals surface area contributed by atoms with Gasteiger partial charge in [-0.05, 0) is 105 Å². The van der Waals surface area contributed by atoms with Gasteiger partial charge in [0, 0.05) is 50.0 Å². The van der Waals surface area contributed by atoms with Crippen molar-refractivity contribution < 1.29 is 0 Å². The maximum Gasteiger partial charge on any atom is 0.0547 e. The van der Waals surface area contributed by atoms with E-state index < -0.39 is 0 Å². The Kier molecular flexibility index (Phi) is 9.18. The molecule has 0 spiro atoms. The Bertz CT molecular complexity index is 3330. The second-order valence-corrected chi connectivity index (χ2v) is 15.5. The molecule has 11 aromatic rings. The third-order valence-electron chi connectivity index (χ3n) is 11.8. The molecule has 0 aliphatic carbocycles. The Morgan fingerprint density at radius 2 is 0.852 bits per heavy atom. The van der Waals surface area contributed by atoms with Gasteiger partial charge >= 0.3 is 0 Å². The molecule has 0 bridgehead atoms. The van der Waals surface area contributed by atoms with E-state index in [0.29, 0.717) is 0 Å². The van der Waals surface area contributed by atoms with Crippen LogP contribution >= 0.6 is 0 Å². The fraction of sp³-hybridized carbons (Fsp3) is 0. The maximum absolute atomic E-state index is 3.76. The van der Waals surface area contributed by atoms with Crippen molar-refractivity contribution in [1.29, 1.82) is 0 Å². The minimum absolute atomic E-state index is 1.04. The van der Waals surface area contributed by atoms with Gasteiger partial charge in [0.2, 0.25) is 0 Å². The molecule has 3 nitrogen and oxygen atoms in total. The minimum atomic E-state index is 1.04. The molecule has 61 heavy (non-hydrogen) atoms. The van der Waals surface area contributed by atoms with E-state index in [1.54, 1.807) is 0 Å². The molecule has 0 atom stereocenters. The first kappa shape index (κ1) is 36.0. The smallest absolute Gasteiger partial charge is 0.0547 e. The fourth-order valence-corrected chi connectivity index (χ4v) is 8.86. The number of rotatable bonds is 9. The van der Waals surface area contributed by atoms with Crippen LogP contribution in [-0.2, 0) is 0 Å². The van der Waals surface area contributed by atoms with E-state index in [1.165, 1.54) is 43.8 Å². The van der Waals surface area contributed by atoms with Crippen molar-refractivity contribution in [1.82, 2.24) is 4.57 Å². The van der Waals surface area contributed by atoms with Gasteiger partial charge in [-0.25, -0.2) is 0 Å². The predicted molar refractivity (Wildman–Crippen MR) is 259 cm³/mol. The van der Waals surface area contributed by atoms with Crippen LogP contribution in [0.25, 0.3) is 82.8 Å². The first-order chi connectivity index (χ1) is 30.2. The summed E-state index contributed by atoms with van der Waals surface area (Å²) in [6, 6.07) is 84.8. The highest BCUT2D eigenvalue weighted by atomic mass is 15.0. The van der Waals surface area contributed by atoms with Crippen LogP contribution in [0.1, 0.15) is 0 Å². The highest BCUT2D eigenvalue weighted by Gasteiger charge is 2.20. The van der Waals surface area contributed by atoms with Gasteiger partial charge in [0.15, 0.2) is 0 Å². The number of aromatic nitrogens is 1. The van der Waals surface area contributed by atoms with Crippen molar-refractivity contribution in [3.8, 4) is 50.2 Å². The number of benzene rings is 10. The number of fused-ring (bicyclic) bond motifs is 4. The summed E-state index contributed by atoms with van der Waals surface area (Å²) in [5.41, 5.74) is 17.1. The molecule has 0 unspecified atom stereocenters. The van der Waals surface area contributed by atoms with E-state index in [-0.39, 0.29) is 0 Å². The molecule has 0 aliphatic heterocycles. The summed E-state index contributed by atoms with van der Waals surface area (Å²) in [5.74, 6) is 0. The monoisotopic (exact) mass is 779 g/mol. The standard InChI is InChI=1S/C58H41N3/c1-4-16-40(17-5-1)41-30-34-47(35-31-41)60-54-36-32-44(38-51(54)43-18-6-2-7-19-43)45-33-37-56-52(39-45)58-50(49-25-12-13-27-53(49)59-46-22-8-3-9-23-46)26-15-29-57(58)61(56)55-28-14-21-42-20-10-11-24-48(42)55/h1-39,59-60H. The lowest BCUT2D eigenvalue weighted by atomic mass is 9.94. The molecule has 10 aromatic carbocycles. The predicted octanol–water partition coefficient (Wildman–Crippen LogP) is 16.1. The lowest BCUT2D eigenvalue weighted by molar-refractivity contribution is 1.20. The second kappa shape index (κ2) is 15.6. The molecule has 1 aromatic heterocycles. The van der Waals surface area contributed by atoms with E-state index >= 15 is 0 Å². The van der Waals surface area contributed by atoms with Crippen molar-refractivity contribution in [3.63, 3.8) is 0 Å². The summed E-state index contributed by atoms with van der Waals surface area (Å²) in [6.45, 7) is 0. The Morgan fingerprint density at radius 1 is 0.295 bits per heavy atom. The average Bonchev–Trinajstić information content (AvgIpc) is 3.66. The Balaban J connectivity index is 1.08. The zero-order valence-corrected chi connectivity index (χ0v) is 33.5. The van der Waals surface area contributed by atoms with Crippen LogP contribution in [0.5, 0.6) is 0 Å². The van der Waals surface area contributed by atoms with E-state index in [0.717, 1.165) is 61.8 Å². The molecule has 0 saturated carbocycles. The number of para-hydroxylation sites is 2. The van der Waals surface area contributed by atoms with E-state index in [2.05, 4.69) is 252 Å². The van der Waals surface area contributed by atoms with Gasteiger partial charge < -0.3 is 15.2 Å². The lowest BCUT2D eigenvalue weighted by Crippen LogP contribution is -1.96. The van der Waals surface area contributed by atoms with Gasteiger partial charge in [-0.2, -0.15) is 0 Å². The van der Waals surface area contributed by atoms with Crippen LogP contribution in [0.4, 0.5) is 22.7 Å². The molecule has 1 heterocycles. The molecular formula is C58H41N3. The molecule has 0 radical (unpaired) electrons. The highest BCUT2D eigenvalue weighted by molar-refractivity contribution is 6.18. The van der Waals surface area contributed by atoms with E-state index in [1.807, 2.05) is 0 Å². The summed E-state index contributed by atoms with van der Waals surface area (Å²) in [6.07, 6.45) is 0. The SMILES string of the molecule is c1ccc(Nc2ccccc2-c2cccc3c2c2cc(-c4ccc(Nc5ccc(-c6ccccc6)cc5)c(-c5ccccc5)c4)ccc2n3-c2cccc3ccccc23)cc1. The normalized spacial score (nSPS) is 11.3. The molecule has 11 rings (SSSR count). The first-order valence-electron chi connectivity index (χ1n) is 20.8. The number of anilines is 4. The quantitative estimate of drug-likeness (QED) is 0.153. The van der Waals surface area contributed by atoms with Crippen molar-refractivity contribution >= 4 is 55.3 Å². The lowest BCUT2D eigenvalue weighted by Gasteiger charge is -2.16. The molecule has 0 aliphatic rings. The zero-order chi connectivity index (χ0) is 40.5.